The quantitative estimate of drug-likeness (QED) is 0.855. The van der Waals surface area contributed by atoms with E-state index in [1.165, 1.54) is 11.6 Å². The zero-order chi connectivity index (χ0) is 13.8. The van der Waals surface area contributed by atoms with Crippen LogP contribution in [0.5, 0.6) is 0 Å². The molecule has 0 fully saturated rings. The molecule has 0 aliphatic rings. The lowest BCUT2D eigenvalue weighted by molar-refractivity contribution is -0.131. The van der Waals surface area contributed by atoms with Crippen molar-refractivity contribution in [1.29, 1.82) is 0 Å². The summed E-state index contributed by atoms with van der Waals surface area (Å²) in [6.07, 6.45) is 4.04. The third kappa shape index (κ3) is 3.25. The van der Waals surface area contributed by atoms with Gasteiger partial charge in [-0.2, -0.15) is 0 Å². The molecule has 1 aromatic carbocycles. The van der Waals surface area contributed by atoms with E-state index in [4.69, 9.17) is 5.11 Å². The molecular formula is C15H14N2O2. The van der Waals surface area contributed by atoms with Gasteiger partial charge in [-0.1, -0.05) is 23.8 Å². The summed E-state index contributed by atoms with van der Waals surface area (Å²) in [6, 6.07) is 7.94. The summed E-state index contributed by atoms with van der Waals surface area (Å²) in [5, 5.41) is 8.59. The number of carboxylic acid groups (broad SMARTS) is 1. The molecule has 96 valence electrons. The number of benzene rings is 1. The van der Waals surface area contributed by atoms with E-state index in [1.54, 1.807) is 6.20 Å². The average molecular weight is 254 g/mol. The van der Waals surface area contributed by atoms with Gasteiger partial charge < -0.3 is 5.11 Å². The highest BCUT2D eigenvalue weighted by Gasteiger charge is 2.04. The fourth-order valence-electron chi connectivity index (χ4n) is 1.85. The second kappa shape index (κ2) is 5.44. The predicted molar refractivity (Wildman–Crippen MR) is 73.6 cm³/mol. The molecule has 4 nitrogen and oxygen atoms in total. The zero-order valence-corrected chi connectivity index (χ0v) is 10.8. The van der Waals surface area contributed by atoms with Crippen molar-refractivity contribution in [2.75, 3.05) is 0 Å². The van der Waals surface area contributed by atoms with Crippen molar-refractivity contribution >= 4 is 12.0 Å². The van der Waals surface area contributed by atoms with Gasteiger partial charge in [0.25, 0.3) is 0 Å². The Hall–Kier alpha value is -2.49. The molecule has 1 N–H and O–H groups in total. The van der Waals surface area contributed by atoms with Crippen LogP contribution in [0.3, 0.4) is 0 Å². The van der Waals surface area contributed by atoms with Crippen LogP contribution in [0.25, 0.3) is 17.3 Å². The minimum atomic E-state index is -1.01. The zero-order valence-electron chi connectivity index (χ0n) is 10.8. The highest BCUT2D eigenvalue weighted by atomic mass is 16.4. The first kappa shape index (κ1) is 13.0. The predicted octanol–water partition coefficient (Wildman–Crippen LogP) is 2.86. The minimum Gasteiger partial charge on any atom is -0.478 e. The summed E-state index contributed by atoms with van der Waals surface area (Å²) in [5.74, 6) is -0.625. The third-order valence-corrected chi connectivity index (χ3v) is 2.71. The Labute approximate surface area is 111 Å². The molecule has 0 atom stereocenters. The van der Waals surface area contributed by atoms with E-state index in [2.05, 4.69) is 16.0 Å². The average Bonchev–Trinajstić information content (AvgIpc) is 2.36. The van der Waals surface area contributed by atoms with Crippen LogP contribution in [0.2, 0.25) is 0 Å². The molecule has 0 saturated carbocycles. The maximum absolute atomic E-state index is 10.5. The molecule has 19 heavy (non-hydrogen) atoms. The Bertz CT molecular complexity index is 648. The van der Waals surface area contributed by atoms with Crippen LogP contribution in [0, 0.1) is 13.8 Å². The number of hydrogen-bond acceptors (Lipinski definition) is 3. The topological polar surface area (TPSA) is 63.1 Å². The summed E-state index contributed by atoms with van der Waals surface area (Å²) in [7, 11) is 0. The minimum absolute atomic E-state index is 0.389. The van der Waals surface area contributed by atoms with E-state index >= 15 is 0 Å². The number of rotatable bonds is 3. The maximum Gasteiger partial charge on any atom is 0.328 e. The summed E-state index contributed by atoms with van der Waals surface area (Å²) < 4.78 is 0. The largest absolute Gasteiger partial charge is 0.478 e. The van der Waals surface area contributed by atoms with Gasteiger partial charge in [0, 0.05) is 17.8 Å². The molecule has 0 radical (unpaired) electrons. The van der Waals surface area contributed by atoms with E-state index in [1.807, 2.05) is 32.0 Å². The maximum atomic E-state index is 10.5. The van der Waals surface area contributed by atoms with Crippen LogP contribution in [0.15, 0.2) is 36.5 Å². The highest BCUT2D eigenvalue weighted by molar-refractivity contribution is 5.84. The molecule has 2 aromatic rings. The van der Waals surface area contributed by atoms with E-state index in [0.717, 1.165) is 22.9 Å². The van der Waals surface area contributed by atoms with Crippen molar-refractivity contribution in [3.63, 3.8) is 0 Å². The number of nitrogens with zero attached hydrogens (tertiary/aromatic N) is 2. The van der Waals surface area contributed by atoms with Crippen LogP contribution in [-0.4, -0.2) is 21.0 Å². The summed E-state index contributed by atoms with van der Waals surface area (Å²) in [5.41, 5.74) is 4.14. The van der Waals surface area contributed by atoms with Gasteiger partial charge in [0.1, 0.15) is 0 Å². The lowest BCUT2D eigenvalue weighted by atomic mass is 10.0. The molecule has 1 aromatic heterocycles. The SMILES string of the molecule is Cc1ccc(-c2ccnc(/C=C/C(=O)O)n2)c(C)c1. The molecule has 0 saturated heterocycles. The first-order chi connectivity index (χ1) is 9.06. The van der Waals surface area contributed by atoms with Crippen LogP contribution in [0.4, 0.5) is 0 Å². The monoisotopic (exact) mass is 254 g/mol. The number of carbonyl (C=O) groups is 1. The Morgan fingerprint density at radius 3 is 2.74 bits per heavy atom. The van der Waals surface area contributed by atoms with Crippen molar-refractivity contribution in [2.45, 2.75) is 13.8 Å². The molecule has 0 unspecified atom stereocenters. The van der Waals surface area contributed by atoms with Crippen molar-refractivity contribution in [3.05, 3.63) is 53.5 Å². The van der Waals surface area contributed by atoms with Crippen LogP contribution in [0.1, 0.15) is 17.0 Å². The lowest BCUT2D eigenvalue weighted by Crippen LogP contribution is -1.94. The van der Waals surface area contributed by atoms with Gasteiger partial charge in [-0.25, -0.2) is 14.8 Å². The number of aromatic nitrogens is 2. The van der Waals surface area contributed by atoms with Gasteiger partial charge in [0.2, 0.25) is 0 Å². The van der Waals surface area contributed by atoms with Gasteiger partial charge in [-0.3, -0.25) is 0 Å². The smallest absolute Gasteiger partial charge is 0.328 e. The first-order valence-electron chi connectivity index (χ1n) is 5.88. The van der Waals surface area contributed by atoms with Crippen LogP contribution in [-0.2, 0) is 4.79 Å². The lowest BCUT2D eigenvalue weighted by Gasteiger charge is -2.06. The molecule has 0 aliphatic heterocycles. The summed E-state index contributed by atoms with van der Waals surface area (Å²) >= 11 is 0. The third-order valence-electron chi connectivity index (χ3n) is 2.71. The number of carboxylic acids is 1. The Balaban J connectivity index is 2.40. The summed E-state index contributed by atoms with van der Waals surface area (Å²) in [6.45, 7) is 4.06. The molecule has 0 aliphatic carbocycles. The highest BCUT2D eigenvalue weighted by Crippen LogP contribution is 2.22. The van der Waals surface area contributed by atoms with Crippen LogP contribution < -0.4 is 0 Å². The number of aryl methyl sites for hydroxylation is 2. The Morgan fingerprint density at radius 1 is 1.26 bits per heavy atom. The molecule has 1 heterocycles. The van der Waals surface area contributed by atoms with Gasteiger partial charge in [0.15, 0.2) is 5.82 Å². The Morgan fingerprint density at radius 2 is 2.05 bits per heavy atom. The Kier molecular flexibility index (Phi) is 3.71. The van der Waals surface area contributed by atoms with E-state index in [9.17, 15) is 4.79 Å². The molecule has 0 amide bonds. The molecule has 2 rings (SSSR count). The fraction of sp³-hybridized carbons (Fsp3) is 0.133. The van der Waals surface area contributed by atoms with Gasteiger partial charge in [-0.05, 0) is 31.6 Å². The summed E-state index contributed by atoms with van der Waals surface area (Å²) in [4.78, 5) is 18.8. The van der Waals surface area contributed by atoms with E-state index in [-0.39, 0.29) is 0 Å². The van der Waals surface area contributed by atoms with Crippen molar-refractivity contribution < 1.29 is 9.90 Å². The van der Waals surface area contributed by atoms with Gasteiger partial charge in [-0.15, -0.1) is 0 Å². The normalized spacial score (nSPS) is 10.8. The molecule has 4 heteroatoms. The second-order valence-electron chi connectivity index (χ2n) is 4.29. The van der Waals surface area contributed by atoms with E-state index in [0.29, 0.717) is 5.82 Å². The first-order valence-corrected chi connectivity index (χ1v) is 5.88. The van der Waals surface area contributed by atoms with Crippen molar-refractivity contribution in [3.8, 4) is 11.3 Å². The number of aliphatic carboxylic acids is 1. The molecular weight excluding hydrogens is 240 g/mol. The standard InChI is InChI=1S/C15H14N2O2/c1-10-3-4-12(11(2)9-10)13-7-8-16-14(17-13)5-6-15(18)19/h3-9H,1-2H3,(H,18,19)/b6-5+. The fourth-order valence-corrected chi connectivity index (χ4v) is 1.85. The van der Waals surface area contributed by atoms with Gasteiger partial charge in [0.05, 0.1) is 5.69 Å². The van der Waals surface area contributed by atoms with Gasteiger partial charge >= 0.3 is 5.97 Å². The second-order valence-corrected chi connectivity index (χ2v) is 4.29. The van der Waals surface area contributed by atoms with Crippen molar-refractivity contribution in [1.82, 2.24) is 9.97 Å². The molecule has 0 bridgehead atoms. The number of hydrogen-bond donors (Lipinski definition) is 1. The van der Waals surface area contributed by atoms with Crippen molar-refractivity contribution in [2.24, 2.45) is 0 Å². The molecule has 0 spiro atoms. The van der Waals surface area contributed by atoms with Crippen LogP contribution >= 0.6 is 0 Å². The van der Waals surface area contributed by atoms with E-state index < -0.39 is 5.97 Å².